The van der Waals surface area contributed by atoms with Crippen LogP contribution in [0.25, 0.3) is 129 Å². The molecule has 2 saturated carbocycles. The molecule has 2 atom stereocenters. The molecule has 3 fully saturated rings. The lowest BCUT2D eigenvalue weighted by molar-refractivity contribution is -0.266. The molecule has 0 amide bonds. The molecular weight excluding hydrogens is 1080 g/mol. The Morgan fingerprint density at radius 3 is 0.697 bits per heavy atom. The monoisotopic (exact) mass is 1150 g/mol. The maximum Gasteiger partial charge on any atom is 0.175 e. The molecule has 3 aliphatic rings. The maximum atomic E-state index is 16.3. The third-order valence-corrected chi connectivity index (χ3v) is 22.8. The second-order valence-corrected chi connectivity index (χ2v) is 27.3. The van der Waals surface area contributed by atoms with Crippen molar-refractivity contribution in [3.05, 3.63) is 241 Å². The number of benzene rings is 16. The van der Waals surface area contributed by atoms with Gasteiger partial charge in [0.15, 0.2) is 5.79 Å². The summed E-state index contributed by atoms with van der Waals surface area (Å²) in [7, 11) is 0. The zero-order valence-electron chi connectivity index (χ0n) is 50.2. The summed E-state index contributed by atoms with van der Waals surface area (Å²) >= 11 is 0. The molecule has 1 aliphatic heterocycles. The summed E-state index contributed by atoms with van der Waals surface area (Å²) in [6.45, 7) is 0. The zero-order valence-corrected chi connectivity index (χ0v) is 50.2. The Hall–Kier alpha value is -8.48. The van der Waals surface area contributed by atoms with Crippen LogP contribution >= 0.6 is 0 Å². The molecule has 2 N–H and O–H groups in total. The van der Waals surface area contributed by atoms with Gasteiger partial charge >= 0.3 is 0 Å². The Morgan fingerprint density at radius 2 is 0.449 bits per heavy atom. The van der Waals surface area contributed by atoms with Crippen LogP contribution in [-0.2, 0) is 20.7 Å². The lowest BCUT2D eigenvalue weighted by Gasteiger charge is -2.45. The van der Waals surface area contributed by atoms with Gasteiger partial charge in [-0.25, -0.2) is 0 Å². The summed E-state index contributed by atoms with van der Waals surface area (Å²) in [6.07, 6.45) is 12.8. The van der Waals surface area contributed by atoms with E-state index < -0.39 is 29.2 Å². The van der Waals surface area contributed by atoms with E-state index in [4.69, 9.17) is 9.47 Å². The van der Waals surface area contributed by atoms with E-state index in [0.29, 0.717) is 0 Å². The molecule has 0 radical (unpaired) electrons. The van der Waals surface area contributed by atoms with Gasteiger partial charge in [0.25, 0.3) is 0 Å². The highest BCUT2D eigenvalue weighted by Gasteiger charge is 2.67. The van der Waals surface area contributed by atoms with Gasteiger partial charge in [-0.2, -0.15) is 0 Å². The molecule has 2 aliphatic carbocycles. The van der Waals surface area contributed by atoms with Crippen LogP contribution in [0.1, 0.15) is 112 Å². The first kappa shape index (κ1) is 52.5. The van der Waals surface area contributed by atoms with Gasteiger partial charge in [-0.3, -0.25) is 0 Å². The molecular formula is C85H70O4. The highest BCUT2D eigenvalue weighted by molar-refractivity contribution is 6.28. The minimum absolute atomic E-state index is 0.00125. The predicted molar refractivity (Wildman–Crippen MR) is 371 cm³/mol. The molecule has 4 nitrogen and oxygen atoms in total. The van der Waals surface area contributed by atoms with Crippen LogP contribution in [0.5, 0.6) is 0 Å². The summed E-state index contributed by atoms with van der Waals surface area (Å²) in [5.74, 6) is -1.19. The zero-order chi connectivity index (χ0) is 58.7. The van der Waals surface area contributed by atoms with Crippen molar-refractivity contribution in [1.82, 2.24) is 0 Å². The number of hydrogen-bond donors (Lipinski definition) is 2. The van der Waals surface area contributed by atoms with E-state index in [0.717, 1.165) is 207 Å². The van der Waals surface area contributed by atoms with Crippen molar-refractivity contribution in [3.63, 3.8) is 0 Å². The topological polar surface area (TPSA) is 58.9 Å². The standard InChI is InChI=1S/C85H70O4/c86-83(69-47-39-59-31-27-51-15-11-19-55-35-43-65(69)77(59)73(51)55,70-48-40-60-32-28-52-16-12-20-56-36-44-66(70)78(60)74(52)56)81-82(89-85(88-81,63-23-7-3-1-4-8-24-63)64-25-9-5-2-6-10-26-64)84(87,71-49-41-61-33-29-53-17-13-21-57-37-45-67(71)79(61)75(53)57)72-50-42-62-34-30-54-18-14-22-58-38-46-68(72)80(62)76(54)58/h11-22,27-50,63-64,81-82,86-87H,1-10,23-26H2/t81-,82-/m1/s1. The lowest BCUT2D eigenvalue weighted by atomic mass is 9.68. The van der Waals surface area contributed by atoms with Crippen LogP contribution < -0.4 is 0 Å². The van der Waals surface area contributed by atoms with E-state index in [1.165, 1.54) is 34.4 Å². The highest BCUT2D eigenvalue weighted by Crippen LogP contribution is 2.61. The second kappa shape index (κ2) is 19.8. The summed E-state index contributed by atoms with van der Waals surface area (Å²) < 4.78 is 17.6. The summed E-state index contributed by atoms with van der Waals surface area (Å²) in [5, 5.41) is 59.4. The van der Waals surface area contributed by atoms with Gasteiger partial charge in [0, 0.05) is 11.8 Å². The SMILES string of the molecule is OC(c1ccc2ccc3cccc4ccc1c2c34)(c1ccc2ccc3cccc4ccc1c2c34)[C@@H]1OC(C2CCCCCCC2)(C2CCCCCCC2)O[C@H]1C(O)(c1ccc2ccc3cccc4ccc1c2c34)c1ccc2ccc3cccc4ccc1c2c34. The molecule has 89 heavy (non-hydrogen) atoms. The minimum atomic E-state index is -1.98. The maximum absolute atomic E-state index is 16.3. The number of rotatable bonds is 8. The van der Waals surface area contributed by atoms with Crippen molar-refractivity contribution in [3.8, 4) is 0 Å². The normalized spacial score (nSPS) is 19.1. The van der Waals surface area contributed by atoms with Gasteiger partial charge in [-0.15, -0.1) is 0 Å². The molecule has 0 bridgehead atoms. The van der Waals surface area contributed by atoms with E-state index >= 15 is 10.2 Å². The summed E-state index contributed by atoms with van der Waals surface area (Å²) in [4.78, 5) is 0. The van der Waals surface area contributed by atoms with E-state index in [-0.39, 0.29) is 11.8 Å². The van der Waals surface area contributed by atoms with Crippen molar-refractivity contribution in [2.24, 2.45) is 11.8 Å². The molecule has 19 rings (SSSR count). The molecule has 0 unspecified atom stereocenters. The van der Waals surface area contributed by atoms with Crippen molar-refractivity contribution in [1.29, 1.82) is 0 Å². The molecule has 16 aromatic rings. The molecule has 1 saturated heterocycles. The number of ether oxygens (including phenoxy) is 2. The molecule has 434 valence electrons. The van der Waals surface area contributed by atoms with Crippen molar-refractivity contribution in [2.45, 2.75) is 119 Å². The van der Waals surface area contributed by atoms with E-state index in [2.05, 4.69) is 218 Å². The summed E-state index contributed by atoms with van der Waals surface area (Å²) in [5.41, 5.74) is -0.983. The first-order valence-corrected chi connectivity index (χ1v) is 33.4. The van der Waals surface area contributed by atoms with Gasteiger partial charge in [0.05, 0.1) is 0 Å². The van der Waals surface area contributed by atoms with Crippen LogP contribution in [0.4, 0.5) is 0 Å². The van der Waals surface area contributed by atoms with Crippen LogP contribution in [0.3, 0.4) is 0 Å². The molecule has 0 aromatic heterocycles. The summed E-state index contributed by atoms with van der Waals surface area (Å²) in [6, 6.07) is 80.1. The number of hydrogen-bond acceptors (Lipinski definition) is 4. The van der Waals surface area contributed by atoms with Crippen molar-refractivity contribution >= 4 is 129 Å². The highest BCUT2D eigenvalue weighted by atomic mass is 16.8. The first-order valence-electron chi connectivity index (χ1n) is 33.4. The van der Waals surface area contributed by atoms with Gasteiger partial charge in [-0.05, 0) is 177 Å². The van der Waals surface area contributed by atoms with Gasteiger partial charge in [-0.1, -0.05) is 283 Å². The van der Waals surface area contributed by atoms with Crippen LogP contribution in [0.15, 0.2) is 218 Å². The van der Waals surface area contributed by atoms with E-state index in [1.807, 2.05) is 0 Å². The molecule has 0 spiro atoms. The largest absolute Gasteiger partial charge is 0.377 e. The fourth-order valence-electron chi connectivity index (χ4n) is 18.8. The smallest absolute Gasteiger partial charge is 0.175 e. The Labute approximate surface area is 517 Å². The van der Waals surface area contributed by atoms with Crippen molar-refractivity contribution in [2.75, 3.05) is 0 Å². The van der Waals surface area contributed by atoms with Crippen molar-refractivity contribution < 1.29 is 19.7 Å². The Kier molecular flexibility index (Phi) is 11.6. The second-order valence-electron chi connectivity index (χ2n) is 27.3. The Balaban J connectivity index is 0.987. The molecule has 16 aromatic carbocycles. The van der Waals surface area contributed by atoms with Crippen LogP contribution in [-0.4, -0.2) is 28.2 Å². The third-order valence-electron chi connectivity index (χ3n) is 22.8. The average molecular weight is 1160 g/mol. The molecule has 4 heteroatoms. The van der Waals surface area contributed by atoms with Crippen LogP contribution in [0.2, 0.25) is 0 Å². The predicted octanol–water partition coefficient (Wildman–Crippen LogP) is 21.6. The number of aliphatic hydroxyl groups is 2. The fraction of sp³-hybridized carbons (Fsp3) is 0.247. The van der Waals surface area contributed by atoms with Gasteiger partial charge in [0.2, 0.25) is 0 Å². The Morgan fingerprint density at radius 1 is 0.247 bits per heavy atom. The van der Waals surface area contributed by atoms with Gasteiger partial charge in [0.1, 0.15) is 23.4 Å². The fourth-order valence-corrected chi connectivity index (χ4v) is 18.8. The third kappa shape index (κ3) is 7.43. The van der Waals surface area contributed by atoms with Crippen LogP contribution in [0, 0.1) is 11.8 Å². The first-order chi connectivity index (χ1) is 43.9. The quantitative estimate of drug-likeness (QED) is 0.149. The van der Waals surface area contributed by atoms with Gasteiger partial charge < -0.3 is 19.7 Å². The Bertz CT molecular complexity index is 4730. The minimum Gasteiger partial charge on any atom is -0.377 e. The lowest BCUT2D eigenvalue weighted by Crippen LogP contribution is -2.55. The molecule has 1 heterocycles. The van der Waals surface area contributed by atoms with E-state index in [1.54, 1.807) is 0 Å². The average Bonchev–Trinajstić information content (AvgIpc) is 1.72. The van der Waals surface area contributed by atoms with E-state index in [9.17, 15) is 0 Å².